The first kappa shape index (κ1) is 12.0. The predicted molar refractivity (Wildman–Crippen MR) is 74.2 cm³/mol. The first-order chi connectivity index (χ1) is 8.31. The summed E-state index contributed by atoms with van der Waals surface area (Å²) >= 11 is 1.72. The van der Waals surface area contributed by atoms with Gasteiger partial charge in [0.1, 0.15) is 0 Å². The summed E-state index contributed by atoms with van der Waals surface area (Å²) in [5.74, 6) is 0. The Morgan fingerprint density at radius 3 is 2.35 bits per heavy atom. The molecule has 0 aromatic heterocycles. The average Bonchev–Trinajstić information content (AvgIpc) is 2.35. The zero-order valence-electron chi connectivity index (χ0n) is 9.81. The van der Waals surface area contributed by atoms with Gasteiger partial charge in [-0.25, -0.2) is 0 Å². The van der Waals surface area contributed by atoms with Gasteiger partial charge in [-0.05, 0) is 30.8 Å². The maximum absolute atomic E-state index is 5.96. The van der Waals surface area contributed by atoms with Crippen LogP contribution in [0.3, 0.4) is 0 Å². The second-order valence-electron chi connectivity index (χ2n) is 3.78. The minimum absolute atomic E-state index is 0.830. The molecule has 0 amide bonds. The van der Waals surface area contributed by atoms with E-state index in [0.29, 0.717) is 0 Å². The first-order valence-corrected chi connectivity index (χ1v) is 6.38. The standard InChI is InChI=1S/C14H16N2S/c1-16-10-11-6-2-4-8-13(11)17-14-9-5-3-7-12(14)15/h2-9,16H,10,15H2,1H3. The van der Waals surface area contributed by atoms with Crippen molar-refractivity contribution in [3.63, 3.8) is 0 Å². The zero-order chi connectivity index (χ0) is 12.1. The topological polar surface area (TPSA) is 38.0 Å². The van der Waals surface area contributed by atoms with E-state index in [4.69, 9.17) is 5.73 Å². The normalized spacial score (nSPS) is 10.4. The summed E-state index contributed by atoms with van der Waals surface area (Å²) in [6, 6.07) is 16.3. The number of nitrogens with one attached hydrogen (secondary N) is 1. The van der Waals surface area contributed by atoms with E-state index in [1.807, 2.05) is 25.2 Å². The zero-order valence-corrected chi connectivity index (χ0v) is 10.6. The van der Waals surface area contributed by atoms with Gasteiger partial charge in [-0.15, -0.1) is 0 Å². The van der Waals surface area contributed by atoms with Crippen LogP contribution < -0.4 is 11.1 Å². The van der Waals surface area contributed by atoms with Gasteiger partial charge in [0.25, 0.3) is 0 Å². The van der Waals surface area contributed by atoms with Gasteiger partial charge in [-0.2, -0.15) is 0 Å². The average molecular weight is 244 g/mol. The highest BCUT2D eigenvalue weighted by Crippen LogP contribution is 2.33. The predicted octanol–water partition coefficient (Wildman–Crippen LogP) is 3.14. The van der Waals surface area contributed by atoms with E-state index in [-0.39, 0.29) is 0 Å². The lowest BCUT2D eigenvalue weighted by Crippen LogP contribution is -2.05. The van der Waals surface area contributed by atoms with Crippen LogP contribution in [-0.2, 0) is 6.54 Å². The van der Waals surface area contributed by atoms with Crippen molar-refractivity contribution in [3.8, 4) is 0 Å². The van der Waals surface area contributed by atoms with Crippen molar-refractivity contribution >= 4 is 17.4 Å². The number of anilines is 1. The third-order valence-electron chi connectivity index (χ3n) is 2.48. The van der Waals surface area contributed by atoms with Gasteiger partial charge in [-0.3, -0.25) is 0 Å². The number of nitrogen functional groups attached to an aromatic ring is 1. The Kier molecular flexibility index (Phi) is 4.07. The SMILES string of the molecule is CNCc1ccccc1Sc1ccccc1N. The van der Waals surface area contributed by atoms with Crippen LogP contribution in [0.2, 0.25) is 0 Å². The molecule has 0 heterocycles. The lowest BCUT2D eigenvalue weighted by molar-refractivity contribution is 0.803. The van der Waals surface area contributed by atoms with Crippen LogP contribution in [0, 0.1) is 0 Å². The number of benzene rings is 2. The van der Waals surface area contributed by atoms with Crippen molar-refractivity contribution in [1.82, 2.24) is 5.32 Å². The molecule has 2 nitrogen and oxygen atoms in total. The Labute approximate surface area is 106 Å². The van der Waals surface area contributed by atoms with Crippen LogP contribution in [0.25, 0.3) is 0 Å². The van der Waals surface area contributed by atoms with E-state index < -0.39 is 0 Å². The molecule has 0 saturated carbocycles. The van der Waals surface area contributed by atoms with Crippen molar-refractivity contribution < 1.29 is 0 Å². The molecule has 2 aromatic carbocycles. The van der Waals surface area contributed by atoms with Gasteiger partial charge >= 0.3 is 0 Å². The van der Waals surface area contributed by atoms with Crippen LogP contribution >= 0.6 is 11.8 Å². The third kappa shape index (κ3) is 3.02. The van der Waals surface area contributed by atoms with Crippen LogP contribution in [0.4, 0.5) is 5.69 Å². The van der Waals surface area contributed by atoms with Crippen molar-refractivity contribution in [2.24, 2.45) is 0 Å². The van der Waals surface area contributed by atoms with Crippen LogP contribution in [0.5, 0.6) is 0 Å². The van der Waals surface area contributed by atoms with E-state index in [9.17, 15) is 0 Å². The van der Waals surface area contributed by atoms with Gasteiger partial charge in [0.15, 0.2) is 0 Å². The molecule has 3 N–H and O–H groups in total. The molecular formula is C14H16N2S. The maximum Gasteiger partial charge on any atom is 0.0455 e. The number of rotatable bonds is 4. The summed E-state index contributed by atoms with van der Waals surface area (Å²) in [5, 5.41) is 3.18. The Balaban J connectivity index is 2.27. The highest BCUT2D eigenvalue weighted by atomic mass is 32.2. The molecule has 0 aliphatic rings. The minimum Gasteiger partial charge on any atom is -0.398 e. The second kappa shape index (κ2) is 5.75. The largest absolute Gasteiger partial charge is 0.398 e. The van der Waals surface area contributed by atoms with Gasteiger partial charge in [0, 0.05) is 22.0 Å². The molecule has 0 fully saturated rings. The molecule has 0 radical (unpaired) electrons. The Morgan fingerprint density at radius 2 is 1.65 bits per heavy atom. The Hall–Kier alpha value is -1.45. The van der Waals surface area contributed by atoms with Crippen molar-refractivity contribution in [3.05, 3.63) is 54.1 Å². The van der Waals surface area contributed by atoms with Crippen molar-refractivity contribution in [1.29, 1.82) is 0 Å². The lowest BCUT2D eigenvalue weighted by Gasteiger charge is -2.09. The minimum atomic E-state index is 0.830. The van der Waals surface area contributed by atoms with Gasteiger partial charge in [-0.1, -0.05) is 42.1 Å². The fraction of sp³-hybridized carbons (Fsp3) is 0.143. The van der Waals surface area contributed by atoms with E-state index in [1.165, 1.54) is 10.5 Å². The van der Waals surface area contributed by atoms with E-state index >= 15 is 0 Å². The monoisotopic (exact) mass is 244 g/mol. The summed E-state index contributed by atoms with van der Waals surface area (Å²) in [6.07, 6.45) is 0. The summed E-state index contributed by atoms with van der Waals surface area (Å²) in [7, 11) is 1.96. The van der Waals surface area contributed by atoms with Crippen LogP contribution in [0.1, 0.15) is 5.56 Å². The molecule has 0 spiro atoms. The molecule has 88 valence electrons. The number of nitrogens with two attached hydrogens (primary N) is 1. The molecule has 0 aliphatic heterocycles. The van der Waals surface area contributed by atoms with Crippen molar-refractivity contribution in [2.45, 2.75) is 16.3 Å². The van der Waals surface area contributed by atoms with Gasteiger partial charge < -0.3 is 11.1 Å². The van der Waals surface area contributed by atoms with E-state index in [0.717, 1.165) is 17.1 Å². The molecule has 0 aliphatic carbocycles. The summed E-state index contributed by atoms with van der Waals surface area (Å²) < 4.78 is 0. The molecule has 17 heavy (non-hydrogen) atoms. The second-order valence-corrected chi connectivity index (χ2v) is 4.86. The summed E-state index contributed by atoms with van der Waals surface area (Å²) in [5.41, 5.74) is 8.08. The number of para-hydroxylation sites is 1. The third-order valence-corrected chi connectivity index (χ3v) is 3.69. The number of hydrogen-bond donors (Lipinski definition) is 2. The Bertz CT molecular complexity index is 497. The molecule has 0 unspecified atom stereocenters. The molecular weight excluding hydrogens is 228 g/mol. The highest BCUT2D eigenvalue weighted by molar-refractivity contribution is 7.99. The molecule has 0 saturated heterocycles. The number of hydrogen-bond acceptors (Lipinski definition) is 3. The highest BCUT2D eigenvalue weighted by Gasteiger charge is 2.05. The Morgan fingerprint density at radius 1 is 1.00 bits per heavy atom. The molecule has 0 bridgehead atoms. The summed E-state index contributed by atoms with van der Waals surface area (Å²) in [6.45, 7) is 0.871. The van der Waals surface area contributed by atoms with Crippen LogP contribution in [0.15, 0.2) is 58.3 Å². The summed E-state index contributed by atoms with van der Waals surface area (Å²) in [4.78, 5) is 2.36. The first-order valence-electron chi connectivity index (χ1n) is 5.56. The smallest absolute Gasteiger partial charge is 0.0455 e. The molecule has 3 heteroatoms. The fourth-order valence-electron chi connectivity index (χ4n) is 1.63. The fourth-order valence-corrected chi connectivity index (χ4v) is 2.62. The van der Waals surface area contributed by atoms with Crippen LogP contribution in [-0.4, -0.2) is 7.05 Å². The van der Waals surface area contributed by atoms with Crippen molar-refractivity contribution in [2.75, 3.05) is 12.8 Å². The van der Waals surface area contributed by atoms with Gasteiger partial charge in [0.2, 0.25) is 0 Å². The quantitative estimate of drug-likeness (QED) is 0.811. The van der Waals surface area contributed by atoms with Gasteiger partial charge in [0.05, 0.1) is 0 Å². The maximum atomic E-state index is 5.96. The van der Waals surface area contributed by atoms with E-state index in [1.54, 1.807) is 11.8 Å². The lowest BCUT2D eigenvalue weighted by atomic mass is 10.2. The molecule has 2 rings (SSSR count). The molecule has 0 atom stereocenters. The van der Waals surface area contributed by atoms with E-state index in [2.05, 4.69) is 35.6 Å². The molecule has 2 aromatic rings.